The van der Waals surface area contributed by atoms with Gasteiger partial charge in [-0.2, -0.15) is 0 Å². The highest BCUT2D eigenvalue weighted by atomic mass is 32.2. The van der Waals surface area contributed by atoms with Crippen LogP contribution in [0.15, 0.2) is 41.3 Å². The Labute approximate surface area is 162 Å². The van der Waals surface area contributed by atoms with Gasteiger partial charge < -0.3 is 9.47 Å². The van der Waals surface area contributed by atoms with Crippen LogP contribution in [0.25, 0.3) is 0 Å². The summed E-state index contributed by atoms with van der Waals surface area (Å²) in [6.45, 7) is 5.09. The number of hydrogen-bond acceptors (Lipinski definition) is 5. The van der Waals surface area contributed by atoms with Crippen molar-refractivity contribution in [3.05, 3.63) is 53.1 Å². The number of carbonyl (C=O) groups excluding carboxylic acids is 2. The van der Waals surface area contributed by atoms with Crippen molar-refractivity contribution < 1.29 is 19.1 Å². The first-order valence-corrected chi connectivity index (χ1v) is 9.70. The number of carbonyl (C=O) groups is 2. The Hall–Kier alpha value is -2.67. The molecule has 0 unspecified atom stereocenters. The molecule has 0 fully saturated rings. The standard InChI is InChI=1S/C20H22N2O4S/c1-13-3-5-16(11-14(13)2)27-10-7-19(23)21-22-20(24)15-4-6-17-18(12-15)26-9-8-25-17/h3-6,11-12H,7-10H2,1-2H3,(H,21,23)(H,22,24). The fraction of sp³-hybridized carbons (Fsp3) is 0.300. The van der Waals surface area contributed by atoms with E-state index in [-0.39, 0.29) is 5.91 Å². The molecule has 2 aromatic rings. The Balaban J connectivity index is 1.43. The molecule has 0 atom stereocenters. The van der Waals surface area contributed by atoms with Gasteiger partial charge in [0.2, 0.25) is 5.91 Å². The molecular weight excluding hydrogens is 364 g/mol. The number of thioether (sulfide) groups is 1. The Morgan fingerprint density at radius 2 is 1.74 bits per heavy atom. The van der Waals surface area contributed by atoms with Crippen LogP contribution in [0.4, 0.5) is 0 Å². The molecule has 0 saturated heterocycles. The predicted molar refractivity (Wildman–Crippen MR) is 104 cm³/mol. The van der Waals surface area contributed by atoms with Crippen molar-refractivity contribution in [1.82, 2.24) is 10.9 Å². The molecule has 0 bridgehead atoms. The molecule has 0 spiro atoms. The Bertz CT molecular complexity index is 854. The third kappa shape index (κ3) is 5.17. The van der Waals surface area contributed by atoms with Gasteiger partial charge in [-0.25, -0.2) is 0 Å². The Morgan fingerprint density at radius 1 is 0.963 bits per heavy atom. The van der Waals surface area contributed by atoms with Crippen molar-refractivity contribution in [2.24, 2.45) is 0 Å². The minimum Gasteiger partial charge on any atom is -0.486 e. The van der Waals surface area contributed by atoms with Gasteiger partial charge >= 0.3 is 0 Å². The zero-order valence-corrected chi connectivity index (χ0v) is 16.2. The highest BCUT2D eigenvalue weighted by Gasteiger charge is 2.15. The lowest BCUT2D eigenvalue weighted by molar-refractivity contribution is -0.121. The molecule has 27 heavy (non-hydrogen) atoms. The first kappa shape index (κ1) is 19.1. The third-order valence-electron chi connectivity index (χ3n) is 4.20. The summed E-state index contributed by atoms with van der Waals surface area (Å²) in [5, 5.41) is 0. The lowest BCUT2D eigenvalue weighted by Crippen LogP contribution is -2.41. The number of hydrazine groups is 1. The van der Waals surface area contributed by atoms with Gasteiger partial charge in [0, 0.05) is 22.6 Å². The number of aryl methyl sites for hydroxylation is 2. The lowest BCUT2D eigenvalue weighted by Gasteiger charge is -2.18. The number of hydrogen-bond donors (Lipinski definition) is 2. The summed E-state index contributed by atoms with van der Waals surface area (Å²) in [5.74, 6) is 1.14. The third-order valence-corrected chi connectivity index (χ3v) is 5.19. The summed E-state index contributed by atoms with van der Waals surface area (Å²) in [7, 11) is 0. The number of benzene rings is 2. The molecule has 7 heteroatoms. The molecule has 2 amide bonds. The Kier molecular flexibility index (Phi) is 6.24. The number of rotatable bonds is 5. The first-order valence-electron chi connectivity index (χ1n) is 8.72. The fourth-order valence-corrected chi connectivity index (χ4v) is 3.46. The van der Waals surface area contributed by atoms with E-state index in [0.29, 0.717) is 42.4 Å². The second-order valence-corrected chi connectivity index (χ2v) is 7.37. The average molecular weight is 386 g/mol. The van der Waals surface area contributed by atoms with Crippen LogP contribution in [0.1, 0.15) is 27.9 Å². The summed E-state index contributed by atoms with van der Waals surface area (Å²) in [5.41, 5.74) is 7.74. The maximum Gasteiger partial charge on any atom is 0.269 e. The van der Waals surface area contributed by atoms with Crippen molar-refractivity contribution in [3.8, 4) is 11.5 Å². The van der Waals surface area contributed by atoms with Crippen molar-refractivity contribution in [2.75, 3.05) is 19.0 Å². The van der Waals surface area contributed by atoms with Gasteiger partial charge in [0.05, 0.1) is 0 Å². The maximum atomic E-state index is 12.2. The quantitative estimate of drug-likeness (QED) is 0.610. The molecule has 0 saturated carbocycles. The lowest BCUT2D eigenvalue weighted by atomic mass is 10.1. The molecule has 0 aliphatic carbocycles. The zero-order chi connectivity index (χ0) is 19.2. The molecule has 1 aliphatic heterocycles. The summed E-state index contributed by atoms with van der Waals surface area (Å²) in [6, 6.07) is 11.2. The van der Waals surface area contributed by atoms with E-state index in [0.717, 1.165) is 4.90 Å². The number of amides is 2. The zero-order valence-electron chi connectivity index (χ0n) is 15.3. The Morgan fingerprint density at radius 3 is 2.52 bits per heavy atom. The van der Waals surface area contributed by atoms with E-state index in [1.165, 1.54) is 11.1 Å². The monoisotopic (exact) mass is 386 g/mol. The van der Waals surface area contributed by atoms with E-state index in [1.54, 1.807) is 30.0 Å². The van der Waals surface area contributed by atoms with Crippen molar-refractivity contribution in [3.63, 3.8) is 0 Å². The molecule has 142 valence electrons. The van der Waals surface area contributed by atoms with E-state index in [2.05, 4.69) is 42.9 Å². The van der Waals surface area contributed by atoms with Gasteiger partial charge in [0.1, 0.15) is 13.2 Å². The average Bonchev–Trinajstić information content (AvgIpc) is 2.68. The molecule has 6 nitrogen and oxygen atoms in total. The van der Waals surface area contributed by atoms with Crippen LogP contribution >= 0.6 is 11.8 Å². The SMILES string of the molecule is Cc1ccc(SCCC(=O)NNC(=O)c2ccc3c(c2)OCCO3)cc1C. The second-order valence-electron chi connectivity index (χ2n) is 6.21. The van der Waals surface area contributed by atoms with Gasteiger partial charge in [0.15, 0.2) is 11.5 Å². The highest BCUT2D eigenvalue weighted by Crippen LogP contribution is 2.30. The van der Waals surface area contributed by atoms with Crippen LogP contribution in [-0.4, -0.2) is 30.8 Å². The van der Waals surface area contributed by atoms with E-state index >= 15 is 0 Å². The molecule has 0 radical (unpaired) electrons. The van der Waals surface area contributed by atoms with E-state index in [4.69, 9.17) is 9.47 Å². The van der Waals surface area contributed by atoms with Gasteiger partial charge in [-0.1, -0.05) is 6.07 Å². The van der Waals surface area contributed by atoms with Crippen LogP contribution in [0.2, 0.25) is 0 Å². The highest BCUT2D eigenvalue weighted by molar-refractivity contribution is 7.99. The van der Waals surface area contributed by atoms with Gasteiger partial charge in [0.25, 0.3) is 5.91 Å². The smallest absolute Gasteiger partial charge is 0.269 e. The normalized spacial score (nSPS) is 12.4. The van der Waals surface area contributed by atoms with Gasteiger partial charge in [-0.15, -0.1) is 11.8 Å². The van der Waals surface area contributed by atoms with Crippen LogP contribution in [0.3, 0.4) is 0 Å². The number of fused-ring (bicyclic) bond motifs is 1. The van der Waals surface area contributed by atoms with Crippen LogP contribution < -0.4 is 20.3 Å². The molecule has 2 aromatic carbocycles. The van der Waals surface area contributed by atoms with E-state index < -0.39 is 5.91 Å². The van der Waals surface area contributed by atoms with E-state index in [1.807, 2.05) is 0 Å². The van der Waals surface area contributed by atoms with Crippen molar-refractivity contribution in [1.29, 1.82) is 0 Å². The second kappa shape index (κ2) is 8.81. The molecule has 1 heterocycles. The minimum absolute atomic E-state index is 0.239. The summed E-state index contributed by atoms with van der Waals surface area (Å²) >= 11 is 1.61. The summed E-state index contributed by atoms with van der Waals surface area (Å²) in [6.07, 6.45) is 0.305. The van der Waals surface area contributed by atoms with Crippen LogP contribution in [0.5, 0.6) is 11.5 Å². The topological polar surface area (TPSA) is 76.7 Å². The summed E-state index contributed by atoms with van der Waals surface area (Å²) in [4.78, 5) is 25.2. The van der Waals surface area contributed by atoms with Crippen LogP contribution in [-0.2, 0) is 4.79 Å². The van der Waals surface area contributed by atoms with Gasteiger partial charge in [-0.05, 0) is 55.3 Å². The molecule has 3 rings (SSSR count). The largest absolute Gasteiger partial charge is 0.486 e. The predicted octanol–water partition coefficient (Wildman–Crippen LogP) is 3.02. The maximum absolute atomic E-state index is 12.2. The number of nitrogens with one attached hydrogen (secondary N) is 2. The molecule has 2 N–H and O–H groups in total. The van der Waals surface area contributed by atoms with Crippen molar-refractivity contribution >= 4 is 23.6 Å². The van der Waals surface area contributed by atoms with Crippen molar-refractivity contribution in [2.45, 2.75) is 25.2 Å². The molecule has 1 aliphatic rings. The number of ether oxygens (including phenoxy) is 2. The van der Waals surface area contributed by atoms with Crippen LogP contribution in [0, 0.1) is 13.8 Å². The van der Waals surface area contributed by atoms with Gasteiger partial charge in [-0.3, -0.25) is 20.4 Å². The fourth-order valence-electron chi connectivity index (χ4n) is 2.51. The molecular formula is C20H22N2O4S. The summed E-state index contributed by atoms with van der Waals surface area (Å²) < 4.78 is 10.9. The minimum atomic E-state index is -0.401. The van der Waals surface area contributed by atoms with E-state index in [9.17, 15) is 9.59 Å². The first-order chi connectivity index (χ1) is 13.0. The molecule has 0 aromatic heterocycles.